The number of halogens is 2. The molecule has 4 heterocycles. The van der Waals surface area contributed by atoms with Crippen LogP contribution in [0.3, 0.4) is 0 Å². The molecule has 0 saturated carbocycles. The molecule has 0 unspecified atom stereocenters. The minimum absolute atomic E-state index is 0.0998. The van der Waals surface area contributed by atoms with Gasteiger partial charge in [-0.05, 0) is 49.6 Å². The Morgan fingerprint density at radius 1 is 1.20 bits per heavy atom. The molecule has 10 heteroatoms. The normalized spacial score (nSPS) is 19.3. The second kappa shape index (κ2) is 9.79. The molecule has 35 heavy (non-hydrogen) atoms. The van der Waals surface area contributed by atoms with E-state index in [4.69, 9.17) is 9.47 Å². The van der Waals surface area contributed by atoms with E-state index in [9.17, 15) is 9.90 Å². The van der Waals surface area contributed by atoms with Gasteiger partial charge in [-0.15, -0.1) is 0 Å². The molecular formula is C25H28F2N4O4. The van der Waals surface area contributed by atoms with Gasteiger partial charge in [0, 0.05) is 44.1 Å². The molecule has 2 fully saturated rings. The number of pyridine rings is 1. The maximum Gasteiger partial charge on any atom is 0.407 e. The number of anilines is 1. The molecule has 0 bridgehead atoms. The van der Waals surface area contributed by atoms with E-state index in [1.165, 1.54) is 17.0 Å². The van der Waals surface area contributed by atoms with Gasteiger partial charge in [-0.1, -0.05) is 0 Å². The summed E-state index contributed by atoms with van der Waals surface area (Å²) < 4.78 is 43.8. The fourth-order valence-corrected chi connectivity index (χ4v) is 4.79. The molecule has 1 aromatic carbocycles. The zero-order chi connectivity index (χ0) is 24.5. The van der Waals surface area contributed by atoms with E-state index in [-0.39, 0.29) is 43.4 Å². The van der Waals surface area contributed by atoms with E-state index in [1.54, 1.807) is 4.40 Å². The molecule has 1 amide bonds. The van der Waals surface area contributed by atoms with Crippen LogP contribution in [0, 0.1) is 18.6 Å². The Hall–Kier alpha value is -3.24. The number of fused-ring (bicyclic) bond motifs is 1. The number of hydrogen-bond acceptors (Lipinski definition) is 5. The number of ether oxygens (including phenoxy) is 2. The van der Waals surface area contributed by atoms with E-state index < -0.39 is 23.8 Å². The standard InChI is InChI=1S/C25H28F2N4O4/c1-15-2-5-31-21(13-18-14-30(25(32)33)6-9-35-18)24(29-22(31)10-15)23-19(26)11-17(12-20(23)27)28-16-3-7-34-8-4-16/h2,5,10-12,16,18,28H,3-4,6-9,13-14H2,1H3,(H,32,33)/t18-/m0/s1. The lowest BCUT2D eigenvalue weighted by atomic mass is 10.0. The number of aromatic nitrogens is 2. The Kier molecular flexibility index (Phi) is 6.57. The summed E-state index contributed by atoms with van der Waals surface area (Å²) in [5.74, 6) is -1.42. The van der Waals surface area contributed by atoms with Gasteiger partial charge in [-0.2, -0.15) is 0 Å². The first-order valence-electron chi connectivity index (χ1n) is 11.8. The number of nitrogens with zero attached hydrogens (tertiary/aromatic N) is 3. The van der Waals surface area contributed by atoms with Crippen molar-refractivity contribution in [2.24, 2.45) is 0 Å². The molecule has 2 saturated heterocycles. The van der Waals surface area contributed by atoms with Crippen LogP contribution in [0.4, 0.5) is 19.3 Å². The summed E-state index contributed by atoms with van der Waals surface area (Å²) in [6.45, 7) is 3.88. The number of morpholine rings is 1. The predicted molar refractivity (Wildman–Crippen MR) is 126 cm³/mol. The van der Waals surface area contributed by atoms with Crippen LogP contribution in [0.1, 0.15) is 24.1 Å². The lowest BCUT2D eigenvalue weighted by Crippen LogP contribution is -2.45. The molecule has 2 aliphatic rings. The van der Waals surface area contributed by atoms with Crippen LogP contribution in [-0.2, 0) is 15.9 Å². The minimum Gasteiger partial charge on any atom is -0.465 e. The van der Waals surface area contributed by atoms with Gasteiger partial charge in [0.25, 0.3) is 0 Å². The Morgan fingerprint density at radius 3 is 2.66 bits per heavy atom. The van der Waals surface area contributed by atoms with E-state index >= 15 is 8.78 Å². The largest absolute Gasteiger partial charge is 0.465 e. The highest BCUT2D eigenvalue weighted by Gasteiger charge is 2.28. The monoisotopic (exact) mass is 486 g/mol. The highest BCUT2D eigenvalue weighted by Crippen LogP contribution is 2.33. The molecule has 0 aliphatic carbocycles. The molecule has 0 radical (unpaired) electrons. The smallest absolute Gasteiger partial charge is 0.407 e. The number of hydrogen-bond donors (Lipinski definition) is 2. The van der Waals surface area contributed by atoms with Crippen molar-refractivity contribution in [3.8, 4) is 11.3 Å². The maximum absolute atomic E-state index is 15.4. The zero-order valence-corrected chi connectivity index (χ0v) is 19.5. The van der Waals surface area contributed by atoms with Gasteiger partial charge in [0.2, 0.25) is 0 Å². The van der Waals surface area contributed by atoms with Crippen molar-refractivity contribution in [2.75, 3.05) is 38.2 Å². The van der Waals surface area contributed by atoms with Crippen LogP contribution in [0.15, 0.2) is 30.5 Å². The molecule has 2 N–H and O–H groups in total. The number of amides is 1. The third-order valence-electron chi connectivity index (χ3n) is 6.58. The number of imidazole rings is 1. The van der Waals surface area contributed by atoms with Gasteiger partial charge in [-0.25, -0.2) is 18.6 Å². The molecule has 0 spiro atoms. The van der Waals surface area contributed by atoms with Crippen molar-refractivity contribution in [2.45, 2.75) is 38.3 Å². The quantitative estimate of drug-likeness (QED) is 0.565. The van der Waals surface area contributed by atoms with E-state index in [1.807, 2.05) is 25.3 Å². The van der Waals surface area contributed by atoms with E-state index in [2.05, 4.69) is 10.3 Å². The Balaban J connectivity index is 1.51. The number of benzene rings is 1. The average Bonchev–Trinajstić information content (AvgIpc) is 3.16. The number of rotatable bonds is 5. The molecule has 2 aliphatic heterocycles. The second-order valence-electron chi connectivity index (χ2n) is 9.11. The van der Waals surface area contributed by atoms with Crippen molar-refractivity contribution in [3.05, 3.63) is 53.4 Å². The van der Waals surface area contributed by atoms with Crippen molar-refractivity contribution in [1.82, 2.24) is 14.3 Å². The molecule has 2 aromatic heterocycles. The fourth-order valence-electron chi connectivity index (χ4n) is 4.79. The van der Waals surface area contributed by atoms with Crippen molar-refractivity contribution in [3.63, 3.8) is 0 Å². The van der Waals surface area contributed by atoms with Crippen LogP contribution < -0.4 is 5.32 Å². The van der Waals surface area contributed by atoms with E-state index in [0.29, 0.717) is 30.2 Å². The first kappa shape index (κ1) is 23.5. The minimum atomic E-state index is -1.02. The number of aryl methyl sites for hydroxylation is 1. The highest BCUT2D eigenvalue weighted by atomic mass is 19.1. The van der Waals surface area contributed by atoms with Crippen molar-refractivity contribution < 1.29 is 28.2 Å². The lowest BCUT2D eigenvalue weighted by molar-refractivity contribution is -0.0214. The summed E-state index contributed by atoms with van der Waals surface area (Å²) in [7, 11) is 0. The summed E-state index contributed by atoms with van der Waals surface area (Å²) in [5, 5.41) is 12.6. The maximum atomic E-state index is 15.4. The van der Waals surface area contributed by atoms with Crippen LogP contribution >= 0.6 is 0 Å². The van der Waals surface area contributed by atoms with Crippen LogP contribution in [-0.4, -0.2) is 70.5 Å². The summed E-state index contributed by atoms with van der Waals surface area (Å²) in [6.07, 6.45) is 2.14. The predicted octanol–water partition coefficient (Wildman–Crippen LogP) is 4.10. The average molecular weight is 487 g/mol. The number of nitrogens with one attached hydrogen (secondary N) is 1. The van der Waals surface area contributed by atoms with Gasteiger partial charge >= 0.3 is 6.09 Å². The molecule has 3 aromatic rings. The van der Waals surface area contributed by atoms with Gasteiger partial charge in [0.15, 0.2) is 0 Å². The van der Waals surface area contributed by atoms with Crippen molar-refractivity contribution in [1.29, 1.82) is 0 Å². The fraction of sp³-hybridized carbons (Fsp3) is 0.440. The van der Waals surface area contributed by atoms with Crippen LogP contribution in [0.5, 0.6) is 0 Å². The molecule has 5 rings (SSSR count). The van der Waals surface area contributed by atoms with Gasteiger partial charge in [-0.3, -0.25) is 0 Å². The van der Waals surface area contributed by atoms with E-state index in [0.717, 1.165) is 18.4 Å². The van der Waals surface area contributed by atoms with Crippen LogP contribution in [0.25, 0.3) is 16.9 Å². The van der Waals surface area contributed by atoms with Crippen LogP contribution in [0.2, 0.25) is 0 Å². The highest BCUT2D eigenvalue weighted by molar-refractivity contribution is 5.70. The Labute approximate surface area is 201 Å². The topological polar surface area (TPSA) is 88.3 Å². The Morgan fingerprint density at radius 2 is 1.94 bits per heavy atom. The lowest BCUT2D eigenvalue weighted by Gasteiger charge is -2.31. The van der Waals surface area contributed by atoms with Crippen molar-refractivity contribution >= 4 is 17.4 Å². The first-order chi connectivity index (χ1) is 16.9. The number of carboxylic acid groups (broad SMARTS) is 1. The Bertz CT molecular complexity index is 1220. The summed E-state index contributed by atoms with van der Waals surface area (Å²) >= 11 is 0. The molecular weight excluding hydrogens is 458 g/mol. The third kappa shape index (κ3) is 4.94. The molecule has 186 valence electrons. The first-order valence-corrected chi connectivity index (χ1v) is 11.8. The molecule has 8 nitrogen and oxygen atoms in total. The SMILES string of the molecule is Cc1ccn2c(C[C@H]3CN(C(=O)O)CCO3)c(-c3c(F)cc(NC4CCOCC4)cc3F)nc2c1. The third-order valence-corrected chi connectivity index (χ3v) is 6.58. The van der Waals surface area contributed by atoms with Gasteiger partial charge in [0.1, 0.15) is 17.3 Å². The summed E-state index contributed by atoms with van der Waals surface area (Å²) in [5.41, 5.74) is 2.46. The number of carbonyl (C=O) groups is 1. The summed E-state index contributed by atoms with van der Waals surface area (Å²) in [4.78, 5) is 17.3. The molecule has 1 atom stereocenters. The second-order valence-corrected chi connectivity index (χ2v) is 9.11. The van der Waals surface area contributed by atoms with Gasteiger partial charge in [0.05, 0.1) is 36.2 Å². The van der Waals surface area contributed by atoms with Gasteiger partial charge < -0.3 is 29.2 Å². The zero-order valence-electron chi connectivity index (χ0n) is 19.5. The summed E-state index contributed by atoms with van der Waals surface area (Å²) in [6, 6.07) is 6.44.